The summed E-state index contributed by atoms with van der Waals surface area (Å²) in [5.41, 5.74) is 5.93. The molecule has 27 heavy (non-hydrogen) atoms. The number of hydrogen-bond donors (Lipinski definition) is 2. The highest BCUT2D eigenvalue weighted by molar-refractivity contribution is 8.14. The number of amides is 1. The van der Waals surface area contributed by atoms with E-state index in [2.05, 4.69) is 20.8 Å². The molecule has 0 fully saturated rings. The first-order valence-electron chi connectivity index (χ1n) is 8.14. The average molecular weight is 383 g/mol. The van der Waals surface area contributed by atoms with E-state index in [1.807, 2.05) is 24.3 Å². The second-order valence-electron chi connectivity index (χ2n) is 5.73. The van der Waals surface area contributed by atoms with Gasteiger partial charge in [0, 0.05) is 25.3 Å². The number of thioether (sulfide) groups is 1. The summed E-state index contributed by atoms with van der Waals surface area (Å²) >= 11 is 1.43. The molecule has 2 N–H and O–H groups in total. The number of carbonyl (C=O) groups is 1. The molecule has 0 unspecified atom stereocenters. The summed E-state index contributed by atoms with van der Waals surface area (Å²) in [6.07, 6.45) is 0. The second kappa shape index (κ2) is 8.45. The van der Waals surface area contributed by atoms with Crippen LogP contribution in [0.25, 0.3) is 0 Å². The van der Waals surface area contributed by atoms with Gasteiger partial charge in [-0.05, 0) is 17.2 Å². The molecule has 1 heterocycles. The number of carbonyl (C=O) groups excluding carboxylic acids is 1. The van der Waals surface area contributed by atoms with Crippen LogP contribution < -0.4 is 10.7 Å². The number of nitrogens with one attached hydrogen (secondary N) is 2. The van der Waals surface area contributed by atoms with Gasteiger partial charge in [-0.25, -0.2) is 4.99 Å². The Kier molecular flexibility index (Phi) is 5.82. The molecule has 1 aliphatic heterocycles. The van der Waals surface area contributed by atoms with Crippen LogP contribution in [-0.2, 0) is 11.3 Å². The standard InChI is InChI=1S/C18H17N5O3S/c1-12(24)19-10-13-6-8-14(9-7-13)16-11-27-18(22-21-16)20-15-4-2-3-5-17(15)23(25)26/h2-9H,10-11H2,1H3,(H,19,24)(H,20,22). The predicted molar refractivity (Wildman–Crippen MR) is 106 cm³/mol. The molecule has 0 radical (unpaired) electrons. The van der Waals surface area contributed by atoms with Crippen molar-refractivity contribution in [1.29, 1.82) is 0 Å². The minimum atomic E-state index is -0.454. The summed E-state index contributed by atoms with van der Waals surface area (Å²) in [7, 11) is 0. The smallest absolute Gasteiger partial charge is 0.294 e. The van der Waals surface area contributed by atoms with Gasteiger partial charge in [-0.3, -0.25) is 20.3 Å². The van der Waals surface area contributed by atoms with Crippen molar-refractivity contribution in [3.63, 3.8) is 0 Å². The Morgan fingerprint density at radius 1 is 1.30 bits per heavy atom. The fraction of sp³-hybridized carbons (Fsp3) is 0.167. The number of hydrogen-bond acceptors (Lipinski definition) is 6. The lowest BCUT2D eigenvalue weighted by molar-refractivity contribution is -0.384. The molecule has 8 nitrogen and oxygen atoms in total. The minimum Gasteiger partial charge on any atom is -0.352 e. The van der Waals surface area contributed by atoms with Crippen LogP contribution in [0.3, 0.4) is 0 Å². The molecule has 1 aliphatic rings. The molecule has 1 amide bonds. The molecular formula is C18H17N5O3S. The zero-order valence-electron chi connectivity index (χ0n) is 14.5. The average Bonchev–Trinajstić information content (AvgIpc) is 2.68. The SMILES string of the molecule is CC(=O)NCc1ccc(C2=NNC(=Nc3ccccc3[N+](=O)[O-])SC2)cc1. The van der Waals surface area contributed by atoms with Crippen molar-refractivity contribution in [2.24, 2.45) is 10.1 Å². The van der Waals surface area contributed by atoms with E-state index in [-0.39, 0.29) is 11.6 Å². The van der Waals surface area contributed by atoms with Crippen molar-refractivity contribution < 1.29 is 9.72 Å². The van der Waals surface area contributed by atoms with Gasteiger partial charge in [0.25, 0.3) is 5.69 Å². The van der Waals surface area contributed by atoms with Crippen molar-refractivity contribution in [2.75, 3.05) is 5.75 Å². The Labute approximate surface area is 159 Å². The predicted octanol–water partition coefficient (Wildman–Crippen LogP) is 2.96. The quantitative estimate of drug-likeness (QED) is 0.609. The maximum atomic E-state index is 11.1. The lowest BCUT2D eigenvalue weighted by Gasteiger charge is -2.15. The first kappa shape index (κ1) is 18.6. The zero-order chi connectivity index (χ0) is 19.2. The number of nitro benzene ring substituents is 1. The van der Waals surface area contributed by atoms with Crippen molar-refractivity contribution >= 4 is 39.9 Å². The van der Waals surface area contributed by atoms with Gasteiger partial charge < -0.3 is 5.32 Å². The van der Waals surface area contributed by atoms with Gasteiger partial charge in [0.15, 0.2) is 5.17 Å². The number of rotatable bonds is 5. The molecule has 138 valence electrons. The van der Waals surface area contributed by atoms with E-state index in [9.17, 15) is 14.9 Å². The van der Waals surface area contributed by atoms with E-state index >= 15 is 0 Å². The molecule has 0 aromatic heterocycles. The zero-order valence-corrected chi connectivity index (χ0v) is 15.3. The highest BCUT2D eigenvalue weighted by atomic mass is 32.2. The first-order chi connectivity index (χ1) is 13.0. The Morgan fingerprint density at radius 3 is 2.67 bits per heavy atom. The van der Waals surface area contributed by atoms with Crippen LogP contribution in [0.5, 0.6) is 0 Å². The van der Waals surface area contributed by atoms with Gasteiger partial charge in [0.2, 0.25) is 5.91 Å². The van der Waals surface area contributed by atoms with E-state index in [0.717, 1.165) is 16.8 Å². The topological polar surface area (TPSA) is 109 Å². The van der Waals surface area contributed by atoms with Gasteiger partial charge >= 0.3 is 0 Å². The summed E-state index contributed by atoms with van der Waals surface area (Å²) in [6, 6.07) is 14.1. The van der Waals surface area contributed by atoms with Crippen molar-refractivity contribution in [3.05, 3.63) is 69.8 Å². The molecule has 9 heteroatoms. The normalized spacial score (nSPS) is 15.0. The van der Waals surface area contributed by atoms with Crippen LogP contribution in [-0.4, -0.2) is 27.5 Å². The summed E-state index contributed by atoms with van der Waals surface area (Å²) in [4.78, 5) is 25.9. The third kappa shape index (κ3) is 4.91. The van der Waals surface area contributed by atoms with Crippen LogP contribution >= 0.6 is 11.8 Å². The molecule has 2 aromatic rings. The summed E-state index contributed by atoms with van der Waals surface area (Å²) in [6.45, 7) is 1.97. The summed E-state index contributed by atoms with van der Waals surface area (Å²) in [5, 5.41) is 18.7. The largest absolute Gasteiger partial charge is 0.352 e. The van der Waals surface area contributed by atoms with Crippen LogP contribution in [0.2, 0.25) is 0 Å². The fourth-order valence-corrected chi connectivity index (χ4v) is 3.16. The van der Waals surface area contributed by atoms with E-state index in [0.29, 0.717) is 23.2 Å². The number of amidine groups is 1. The van der Waals surface area contributed by atoms with Gasteiger partial charge in [-0.1, -0.05) is 48.2 Å². The molecule has 0 saturated carbocycles. The Morgan fingerprint density at radius 2 is 2.04 bits per heavy atom. The van der Waals surface area contributed by atoms with Gasteiger partial charge in [0.1, 0.15) is 5.69 Å². The molecule has 3 rings (SSSR count). The number of para-hydroxylation sites is 2. The lowest BCUT2D eigenvalue weighted by atomic mass is 10.1. The third-order valence-electron chi connectivity index (χ3n) is 3.76. The van der Waals surface area contributed by atoms with E-state index < -0.39 is 4.92 Å². The third-order valence-corrected chi connectivity index (χ3v) is 4.63. The maximum absolute atomic E-state index is 11.1. The minimum absolute atomic E-state index is 0.0445. The van der Waals surface area contributed by atoms with Crippen LogP contribution in [0, 0.1) is 10.1 Å². The molecule has 0 spiro atoms. The molecule has 2 aromatic carbocycles. The number of benzene rings is 2. The lowest BCUT2D eigenvalue weighted by Crippen LogP contribution is -2.25. The highest BCUT2D eigenvalue weighted by Crippen LogP contribution is 2.28. The van der Waals surface area contributed by atoms with Crippen LogP contribution in [0.1, 0.15) is 18.1 Å². The molecule has 0 bridgehead atoms. The highest BCUT2D eigenvalue weighted by Gasteiger charge is 2.16. The number of hydrazone groups is 1. The fourth-order valence-electron chi connectivity index (χ4n) is 2.39. The summed E-state index contributed by atoms with van der Waals surface area (Å²) in [5.74, 6) is 0.527. The molecular weight excluding hydrogens is 366 g/mol. The monoisotopic (exact) mass is 383 g/mol. The Bertz CT molecular complexity index is 925. The van der Waals surface area contributed by atoms with Crippen molar-refractivity contribution in [2.45, 2.75) is 13.5 Å². The maximum Gasteiger partial charge on any atom is 0.294 e. The summed E-state index contributed by atoms with van der Waals surface area (Å²) < 4.78 is 0. The van der Waals surface area contributed by atoms with Crippen molar-refractivity contribution in [1.82, 2.24) is 10.7 Å². The van der Waals surface area contributed by atoms with Crippen LogP contribution in [0.4, 0.5) is 11.4 Å². The first-order valence-corrected chi connectivity index (χ1v) is 9.13. The van der Waals surface area contributed by atoms with E-state index in [1.54, 1.807) is 18.2 Å². The molecule has 0 aliphatic carbocycles. The van der Waals surface area contributed by atoms with Gasteiger partial charge in [-0.2, -0.15) is 5.10 Å². The van der Waals surface area contributed by atoms with E-state index in [1.165, 1.54) is 24.8 Å². The van der Waals surface area contributed by atoms with Gasteiger partial charge in [0.05, 0.1) is 10.6 Å². The van der Waals surface area contributed by atoms with Crippen molar-refractivity contribution in [3.8, 4) is 0 Å². The molecule has 0 atom stereocenters. The van der Waals surface area contributed by atoms with Gasteiger partial charge in [-0.15, -0.1) is 0 Å². The Balaban J connectivity index is 1.70. The number of nitro groups is 1. The second-order valence-corrected chi connectivity index (χ2v) is 6.69. The molecule has 0 saturated heterocycles. The van der Waals surface area contributed by atoms with Crippen LogP contribution in [0.15, 0.2) is 58.6 Å². The van der Waals surface area contributed by atoms with E-state index in [4.69, 9.17) is 0 Å². The Hall–Kier alpha value is -3.20. The number of nitrogens with zero attached hydrogens (tertiary/aromatic N) is 3. The number of aliphatic imine (C=N–C) groups is 1.